The second-order valence-corrected chi connectivity index (χ2v) is 6.59. The molecule has 1 aliphatic heterocycles. The summed E-state index contributed by atoms with van der Waals surface area (Å²) >= 11 is 1.63. The molecule has 2 atom stereocenters. The summed E-state index contributed by atoms with van der Waals surface area (Å²) in [4.78, 5) is 29.6. The Kier molecular flexibility index (Phi) is 5.33. The van der Waals surface area contributed by atoms with Crippen molar-refractivity contribution < 1.29 is 14.7 Å². The first-order valence-electron chi connectivity index (χ1n) is 7.42. The molecule has 1 aromatic heterocycles. The van der Waals surface area contributed by atoms with Crippen molar-refractivity contribution in [1.29, 1.82) is 0 Å². The van der Waals surface area contributed by atoms with E-state index in [-0.39, 0.29) is 11.9 Å². The van der Waals surface area contributed by atoms with E-state index >= 15 is 0 Å². The lowest BCUT2D eigenvalue weighted by molar-refractivity contribution is -0.149. The molecule has 0 unspecified atom stereocenters. The Balaban J connectivity index is 1.83. The molecule has 116 valence electrons. The van der Waals surface area contributed by atoms with E-state index < -0.39 is 11.9 Å². The number of carboxylic acids is 1. The molecule has 6 heteroatoms. The van der Waals surface area contributed by atoms with Crippen molar-refractivity contribution in [3.63, 3.8) is 0 Å². The van der Waals surface area contributed by atoms with Crippen molar-refractivity contribution >= 4 is 23.2 Å². The van der Waals surface area contributed by atoms with Crippen molar-refractivity contribution in [2.24, 2.45) is 5.92 Å². The third-order valence-electron chi connectivity index (χ3n) is 4.07. The number of carbonyl (C=O) groups excluding carboxylic acids is 1. The molecule has 21 heavy (non-hydrogen) atoms. The van der Waals surface area contributed by atoms with Gasteiger partial charge in [-0.15, -0.1) is 11.3 Å². The van der Waals surface area contributed by atoms with Crippen molar-refractivity contribution in [3.8, 4) is 0 Å². The zero-order chi connectivity index (χ0) is 15.4. The molecule has 0 radical (unpaired) electrons. The van der Waals surface area contributed by atoms with E-state index in [4.69, 9.17) is 0 Å². The van der Waals surface area contributed by atoms with E-state index in [9.17, 15) is 14.7 Å². The third kappa shape index (κ3) is 4.03. The number of carbonyl (C=O) groups is 2. The van der Waals surface area contributed by atoms with Gasteiger partial charge in [-0.05, 0) is 39.5 Å². The minimum absolute atomic E-state index is 0.0710. The van der Waals surface area contributed by atoms with Gasteiger partial charge in [0.25, 0.3) is 0 Å². The SMILES string of the molecule is Cc1csc(CCCC(=O)N2CCC[C@@H](C(=O)O)[C@H]2C)n1. The molecule has 0 aliphatic carbocycles. The van der Waals surface area contributed by atoms with Gasteiger partial charge in [-0.1, -0.05) is 0 Å². The number of hydrogen-bond donors (Lipinski definition) is 1. The molecule has 5 nitrogen and oxygen atoms in total. The van der Waals surface area contributed by atoms with Gasteiger partial charge in [-0.3, -0.25) is 9.59 Å². The predicted octanol–water partition coefficient (Wildman–Crippen LogP) is 2.49. The predicted molar refractivity (Wildman–Crippen MR) is 81.3 cm³/mol. The monoisotopic (exact) mass is 310 g/mol. The Morgan fingerprint density at radius 2 is 2.29 bits per heavy atom. The van der Waals surface area contributed by atoms with E-state index in [1.165, 1.54) is 0 Å². The first kappa shape index (κ1) is 15.9. The average molecular weight is 310 g/mol. The standard InChI is InChI=1S/C15H22N2O3S/c1-10-9-21-13(16-10)6-3-7-14(18)17-8-4-5-12(11(17)2)15(19)20/h9,11-12H,3-8H2,1-2H3,(H,19,20)/t11-,12-/m1/s1. The van der Waals surface area contributed by atoms with Crippen LogP contribution in [0.1, 0.15) is 43.3 Å². The van der Waals surface area contributed by atoms with Gasteiger partial charge in [0.15, 0.2) is 0 Å². The quantitative estimate of drug-likeness (QED) is 0.907. The van der Waals surface area contributed by atoms with E-state index in [2.05, 4.69) is 4.98 Å². The molecule has 2 rings (SSSR count). The summed E-state index contributed by atoms with van der Waals surface area (Å²) in [5.74, 6) is -1.15. The fraction of sp³-hybridized carbons (Fsp3) is 0.667. The summed E-state index contributed by atoms with van der Waals surface area (Å²) in [6.45, 7) is 4.49. The minimum Gasteiger partial charge on any atom is -0.481 e. The van der Waals surface area contributed by atoms with Gasteiger partial charge in [0, 0.05) is 30.1 Å². The minimum atomic E-state index is -0.793. The van der Waals surface area contributed by atoms with Crippen molar-refractivity contribution in [2.75, 3.05) is 6.54 Å². The Hall–Kier alpha value is -1.43. The highest BCUT2D eigenvalue weighted by Crippen LogP contribution is 2.24. The first-order valence-corrected chi connectivity index (χ1v) is 8.30. The molecule has 0 bridgehead atoms. The van der Waals surface area contributed by atoms with Crippen LogP contribution in [-0.2, 0) is 16.0 Å². The number of amides is 1. The summed E-state index contributed by atoms with van der Waals surface area (Å²) in [6.07, 6.45) is 3.49. The van der Waals surface area contributed by atoms with Gasteiger partial charge in [0.1, 0.15) is 0 Å². The van der Waals surface area contributed by atoms with Crippen molar-refractivity contribution in [1.82, 2.24) is 9.88 Å². The number of aryl methyl sites for hydroxylation is 2. The molecule has 1 saturated heterocycles. The van der Waals surface area contributed by atoms with Gasteiger partial charge in [-0.25, -0.2) is 4.98 Å². The van der Waals surface area contributed by atoms with Gasteiger partial charge < -0.3 is 10.0 Å². The molecular weight excluding hydrogens is 288 g/mol. The largest absolute Gasteiger partial charge is 0.481 e. The number of carboxylic acid groups (broad SMARTS) is 1. The van der Waals surface area contributed by atoms with Crippen LogP contribution in [-0.4, -0.2) is 39.5 Å². The van der Waals surface area contributed by atoms with Crippen LogP contribution in [0.5, 0.6) is 0 Å². The van der Waals surface area contributed by atoms with Crippen molar-refractivity contribution in [2.45, 2.75) is 52.0 Å². The number of rotatable bonds is 5. The Morgan fingerprint density at radius 1 is 1.52 bits per heavy atom. The summed E-state index contributed by atoms with van der Waals surface area (Å²) in [7, 11) is 0. The van der Waals surface area contributed by atoms with Gasteiger partial charge in [0.2, 0.25) is 5.91 Å². The molecule has 0 spiro atoms. The molecule has 1 fully saturated rings. The van der Waals surface area contributed by atoms with Crippen LogP contribution in [0.3, 0.4) is 0 Å². The summed E-state index contributed by atoms with van der Waals surface area (Å²) in [5.41, 5.74) is 1.02. The van der Waals surface area contributed by atoms with Crippen LogP contribution in [0.2, 0.25) is 0 Å². The Morgan fingerprint density at radius 3 is 2.90 bits per heavy atom. The highest BCUT2D eigenvalue weighted by molar-refractivity contribution is 7.09. The fourth-order valence-electron chi connectivity index (χ4n) is 2.88. The molecular formula is C15H22N2O3S. The summed E-state index contributed by atoms with van der Waals surface area (Å²) < 4.78 is 0. The highest BCUT2D eigenvalue weighted by atomic mass is 32.1. The van der Waals surface area contributed by atoms with Crippen LogP contribution in [0, 0.1) is 12.8 Å². The van der Waals surface area contributed by atoms with Crippen molar-refractivity contribution in [3.05, 3.63) is 16.1 Å². The van der Waals surface area contributed by atoms with Crippen LogP contribution >= 0.6 is 11.3 Å². The van der Waals surface area contributed by atoms with Gasteiger partial charge >= 0.3 is 5.97 Å². The zero-order valence-corrected chi connectivity index (χ0v) is 13.4. The number of thiazole rings is 1. The molecule has 1 N–H and O–H groups in total. The number of aromatic nitrogens is 1. The maximum Gasteiger partial charge on any atom is 0.308 e. The third-order valence-corrected chi connectivity index (χ3v) is 5.10. The molecule has 0 saturated carbocycles. The smallest absolute Gasteiger partial charge is 0.308 e. The first-order chi connectivity index (χ1) is 9.99. The van der Waals surface area contributed by atoms with Gasteiger partial charge in [0.05, 0.1) is 10.9 Å². The number of aliphatic carboxylic acids is 1. The molecule has 1 amide bonds. The molecule has 0 aromatic carbocycles. The number of piperidine rings is 1. The number of nitrogens with zero attached hydrogens (tertiary/aromatic N) is 2. The summed E-state index contributed by atoms with van der Waals surface area (Å²) in [6, 6.07) is -0.203. The number of hydrogen-bond acceptors (Lipinski definition) is 4. The lowest BCUT2D eigenvalue weighted by Crippen LogP contribution is -2.49. The Labute approximate surface area is 129 Å². The highest BCUT2D eigenvalue weighted by Gasteiger charge is 2.34. The van der Waals surface area contributed by atoms with Gasteiger partial charge in [-0.2, -0.15) is 0 Å². The van der Waals surface area contributed by atoms with E-state index in [0.717, 1.165) is 30.0 Å². The Bertz CT molecular complexity index is 515. The van der Waals surface area contributed by atoms with E-state index in [0.29, 0.717) is 19.4 Å². The van der Waals surface area contributed by atoms with Crippen LogP contribution < -0.4 is 0 Å². The molecule has 1 aromatic rings. The fourth-order valence-corrected chi connectivity index (χ4v) is 3.70. The van der Waals surface area contributed by atoms with Crippen LogP contribution in [0.4, 0.5) is 0 Å². The van der Waals surface area contributed by atoms with E-state index in [1.54, 1.807) is 16.2 Å². The molecule has 2 heterocycles. The molecule has 1 aliphatic rings. The average Bonchev–Trinajstić information content (AvgIpc) is 2.84. The second kappa shape index (κ2) is 7.02. The number of likely N-dealkylation sites (tertiary alicyclic amines) is 1. The maximum atomic E-state index is 12.3. The lowest BCUT2D eigenvalue weighted by atomic mass is 9.90. The van der Waals surface area contributed by atoms with E-state index in [1.807, 2.05) is 19.2 Å². The zero-order valence-electron chi connectivity index (χ0n) is 12.5. The topological polar surface area (TPSA) is 70.5 Å². The lowest BCUT2D eigenvalue weighted by Gasteiger charge is -2.37. The second-order valence-electron chi connectivity index (χ2n) is 5.65. The summed E-state index contributed by atoms with van der Waals surface area (Å²) in [5, 5.41) is 12.3. The normalized spacial score (nSPS) is 22.3. The van der Waals surface area contributed by atoms with Crippen LogP contribution in [0.25, 0.3) is 0 Å². The van der Waals surface area contributed by atoms with Crippen LogP contribution in [0.15, 0.2) is 5.38 Å². The maximum absolute atomic E-state index is 12.3.